The van der Waals surface area contributed by atoms with Gasteiger partial charge in [0, 0.05) is 42.6 Å². The van der Waals surface area contributed by atoms with Crippen LogP contribution in [0.5, 0.6) is 0 Å². The van der Waals surface area contributed by atoms with Gasteiger partial charge in [-0.2, -0.15) is 4.98 Å². The highest BCUT2D eigenvalue weighted by Crippen LogP contribution is 2.24. The third-order valence-corrected chi connectivity index (χ3v) is 5.70. The zero-order chi connectivity index (χ0) is 23.6. The van der Waals surface area contributed by atoms with Crippen molar-refractivity contribution in [1.29, 1.82) is 0 Å². The van der Waals surface area contributed by atoms with E-state index in [9.17, 15) is 0 Å². The van der Waals surface area contributed by atoms with E-state index >= 15 is 0 Å². The number of nitrogens with zero attached hydrogens (tertiary/aromatic N) is 6. The number of hydrogen-bond acceptors (Lipinski definition) is 9. The van der Waals surface area contributed by atoms with Gasteiger partial charge < -0.3 is 21.3 Å². The number of nitrogens with one attached hydrogen (secondary N) is 4. The minimum absolute atomic E-state index is 0.486. The Labute approximate surface area is 201 Å². The number of aryl methyl sites for hydroxylation is 1. The summed E-state index contributed by atoms with van der Waals surface area (Å²) < 4.78 is 1.78. The summed E-state index contributed by atoms with van der Waals surface area (Å²) in [5.74, 6) is 2.26. The van der Waals surface area contributed by atoms with Gasteiger partial charge in [0.2, 0.25) is 11.8 Å². The van der Waals surface area contributed by atoms with Gasteiger partial charge in [-0.05, 0) is 61.5 Å². The molecule has 1 aromatic carbocycles. The first-order valence-corrected chi connectivity index (χ1v) is 11.4. The summed E-state index contributed by atoms with van der Waals surface area (Å²) >= 11 is 0. The number of rotatable bonds is 7. The molecule has 10 nitrogen and oxygen atoms in total. The van der Waals surface area contributed by atoms with E-state index in [4.69, 9.17) is 4.98 Å². The van der Waals surface area contributed by atoms with E-state index in [1.54, 1.807) is 16.8 Å². The molecule has 35 heavy (non-hydrogen) atoms. The topological polar surface area (TPSA) is 117 Å². The van der Waals surface area contributed by atoms with Crippen LogP contribution in [0, 0.1) is 6.92 Å². The van der Waals surface area contributed by atoms with Crippen molar-refractivity contribution in [2.45, 2.75) is 13.0 Å². The van der Waals surface area contributed by atoms with Crippen LogP contribution in [0.2, 0.25) is 0 Å². The van der Waals surface area contributed by atoms with E-state index in [2.05, 4.69) is 41.3 Å². The first kappa shape index (κ1) is 21.0. The summed E-state index contributed by atoms with van der Waals surface area (Å²) in [6.45, 7) is 3.94. The molecular weight excluding hydrogens is 440 g/mol. The molecule has 174 valence electrons. The third-order valence-electron chi connectivity index (χ3n) is 5.70. The van der Waals surface area contributed by atoms with Crippen molar-refractivity contribution in [3.8, 4) is 11.5 Å². The van der Waals surface area contributed by atoms with Crippen molar-refractivity contribution in [2.24, 2.45) is 0 Å². The molecule has 0 saturated carbocycles. The van der Waals surface area contributed by atoms with Crippen LogP contribution in [-0.2, 0) is 0 Å². The minimum Gasteiger partial charge on any atom is -0.380 e. The maximum absolute atomic E-state index is 4.74. The maximum Gasteiger partial charge on any atom is 0.229 e. The predicted octanol–water partition coefficient (Wildman–Crippen LogP) is 3.76. The first-order valence-electron chi connectivity index (χ1n) is 11.4. The van der Waals surface area contributed by atoms with Crippen molar-refractivity contribution >= 4 is 34.5 Å². The van der Waals surface area contributed by atoms with Gasteiger partial charge in [0.15, 0.2) is 5.82 Å². The molecule has 0 radical (unpaired) electrons. The van der Waals surface area contributed by atoms with Crippen LogP contribution in [-0.4, -0.2) is 48.7 Å². The van der Waals surface area contributed by atoms with E-state index in [1.807, 2.05) is 67.7 Å². The lowest BCUT2D eigenvalue weighted by atomic mass is 10.1. The number of pyridine rings is 1. The minimum atomic E-state index is 0.486. The average Bonchev–Trinajstić information content (AvgIpc) is 3.32. The largest absolute Gasteiger partial charge is 0.380 e. The molecule has 0 atom stereocenters. The van der Waals surface area contributed by atoms with Gasteiger partial charge in [-0.25, -0.2) is 19.5 Å². The molecule has 5 heterocycles. The standard InChI is InChI=1S/C25H24N10/c1-16-4-2-5-20(28-16)23-33-24(21-6-3-13-35(21)34-23)31-22-11-12-27-25(32-22)30-18-9-7-17(8-10-18)29-19-14-26-15-19/h2-13,19,26,29H,14-15H2,1H3,(H2,27,30,31,32,33,34). The van der Waals surface area contributed by atoms with Gasteiger partial charge in [0.25, 0.3) is 0 Å². The van der Waals surface area contributed by atoms with Crippen LogP contribution in [0.1, 0.15) is 5.69 Å². The molecule has 1 saturated heterocycles. The fourth-order valence-corrected chi connectivity index (χ4v) is 3.82. The Morgan fingerprint density at radius 1 is 0.886 bits per heavy atom. The highest BCUT2D eigenvalue weighted by atomic mass is 15.3. The van der Waals surface area contributed by atoms with E-state index in [1.165, 1.54) is 0 Å². The summed E-state index contributed by atoms with van der Waals surface area (Å²) in [6.07, 6.45) is 3.59. The van der Waals surface area contributed by atoms with Crippen molar-refractivity contribution < 1.29 is 0 Å². The molecule has 5 aromatic rings. The van der Waals surface area contributed by atoms with Gasteiger partial charge in [0.1, 0.15) is 17.0 Å². The summed E-state index contributed by atoms with van der Waals surface area (Å²) in [6, 6.07) is 20.1. The van der Waals surface area contributed by atoms with E-state index < -0.39 is 0 Å². The molecule has 1 aliphatic rings. The van der Waals surface area contributed by atoms with E-state index in [0.717, 1.165) is 35.7 Å². The molecule has 4 N–H and O–H groups in total. The Morgan fingerprint density at radius 2 is 1.74 bits per heavy atom. The maximum atomic E-state index is 4.74. The van der Waals surface area contributed by atoms with E-state index in [0.29, 0.717) is 35.1 Å². The lowest BCUT2D eigenvalue weighted by molar-refractivity contribution is 0.472. The SMILES string of the molecule is Cc1cccc(-c2nc(Nc3ccnc(Nc4ccc(NC5CNC5)cc4)n3)c3cccn3n2)n1. The summed E-state index contributed by atoms with van der Waals surface area (Å²) in [5, 5.41) is 17.9. The number of hydrogen-bond donors (Lipinski definition) is 4. The second-order valence-electron chi connectivity index (χ2n) is 8.38. The summed E-state index contributed by atoms with van der Waals surface area (Å²) in [4.78, 5) is 18.3. The lowest BCUT2D eigenvalue weighted by Gasteiger charge is -2.29. The molecule has 0 bridgehead atoms. The van der Waals surface area contributed by atoms with Crippen LogP contribution >= 0.6 is 0 Å². The number of benzene rings is 1. The Kier molecular flexibility index (Phi) is 5.39. The predicted molar refractivity (Wildman–Crippen MR) is 136 cm³/mol. The van der Waals surface area contributed by atoms with Gasteiger partial charge >= 0.3 is 0 Å². The molecule has 4 aromatic heterocycles. The fraction of sp³-hybridized carbons (Fsp3) is 0.160. The third kappa shape index (κ3) is 4.59. The van der Waals surface area contributed by atoms with Gasteiger partial charge in [0.05, 0.1) is 6.04 Å². The molecule has 0 unspecified atom stereocenters. The smallest absolute Gasteiger partial charge is 0.229 e. The zero-order valence-electron chi connectivity index (χ0n) is 19.1. The Hall–Kier alpha value is -4.57. The van der Waals surface area contributed by atoms with Gasteiger partial charge in [-0.15, -0.1) is 5.10 Å². The Morgan fingerprint density at radius 3 is 2.54 bits per heavy atom. The summed E-state index contributed by atoms with van der Waals surface area (Å²) in [5.41, 5.74) is 4.45. The highest BCUT2D eigenvalue weighted by Gasteiger charge is 2.16. The highest BCUT2D eigenvalue weighted by molar-refractivity contribution is 5.74. The van der Waals surface area contributed by atoms with Crippen LogP contribution in [0.25, 0.3) is 17.0 Å². The molecular formula is C25H24N10. The number of aromatic nitrogens is 6. The Balaban J connectivity index is 1.23. The molecule has 1 fully saturated rings. The molecule has 0 aliphatic carbocycles. The van der Waals surface area contributed by atoms with Crippen LogP contribution in [0.4, 0.5) is 29.0 Å². The van der Waals surface area contributed by atoms with Crippen molar-refractivity contribution in [1.82, 2.24) is 34.9 Å². The van der Waals surface area contributed by atoms with Crippen molar-refractivity contribution in [2.75, 3.05) is 29.0 Å². The normalized spacial score (nSPS) is 13.4. The molecule has 0 amide bonds. The fourth-order valence-electron chi connectivity index (χ4n) is 3.82. The quantitative estimate of drug-likeness (QED) is 0.286. The average molecular weight is 465 g/mol. The number of anilines is 5. The van der Waals surface area contributed by atoms with Crippen molar-refractivity contribution in [3.63, 3.8) is 0 Å². The van der Waals surface area contributed by atoms with Crippen molar-refractivity contribution in [3.05, 3.63) is 78.8 Å². The van der Waals surface area contributed by atoms with Gasteiger partial charge in [-0.1, -0.05) is 6.07 Å². The summed E-state index contributed by atoms with van der Waals surface area (Å²) in [7, 11) is 0. The molecule has 1 aliphatic heterocycles. The Bertz CT molecular complexity index is 1470. The molecule has 0 spiro atoms. The lowest BCUT2D eigenvalue weighted by Crippen LogP contribution is -2.51. The molecule has 10 heteroatoms. The second kappa shape index (κ2) is 8.99. The molecule has 6 rings (SSSR count). The number of fused-ring (bicyclic) bond motifs is 1. The van der Waals surface area contributed by atoms with Gasteiger partial charge in [-0.3, -0.25) is 0 Å². The van der Waals surface area contributed by atoms with Crippen LogP contribution < -0.4 is 21.3 Å². The second-order valence-corrected chi connectivity index (χ2v) is 8.38. The monoisotopic (exact) mass is 464 g/mol. The van der Waals surface area contributed by atoms with Crippen LogP contribution in [0.3, 0.4) is 0 Å². The van der Waals surface area contributed by atoms with E-state index in [-0.39, 0.29) is 0 Å². The first-order chi connectivity index (χ1) is 17.2. The zero-order valence-corrected chi connectivity index (χ0v) is 19.1. The van der Waals surface area contributed by atoms with Crippen LogP contribution in [0.15, 0.2) is 73.1 Å².